The van der Waals surface area contributed by atoms with E-state index in [1.165, 1.54) is 5.57 Å². The van der Waals surface area contributed by atoms with Crippen LogP contribution in [-0.4, -0.2) is 45.0 Å². The SMILES string of the molecule is O=C(Nc1ccc(C2=CCN(Cc3cnc4cc(C5CC5)c(=O)[nH]c4c3)CC2)cn1)[C@@H]1C[C@H]1F. The van der Waals surface area contributed by atoms with Crippen molar-refractivity contribution in [3.8, 4) is 0 Å². The highest BCUT2D eigenvalue weighted by molar-refractivity contribution is 5.94. The van der Waals surface area contributed by atoms with Crippen LogP contribution in [-0.2, 0) is 11.3 Å². The Morgan fingerprint density at radius 2 is 2.06 bits per heavy atom. The first-order valence-corrected chi connectivity index (χ1v) is 11.9. The van der Waals surface area contributed by atoms with Gasteiger partial charge < -0.3 is 10.3 Å². The fraction of sp³-hybridized carbons (Fsp3) is 0.385. The predicted molar refractivity (Wildman–Crippen MR) is 128 cm³/mol. The van der Waals surface area contributed by atoms with E-state index in [9.17, 15) is 14.0 Å². The van der Waals surface area contributed by atoms with Gasteiger partial charge >= 0.3 is 0 Å². The lowest BCUT2D eigenvalue weighted by Crippen LogP contribution is -2.28. The van der Waals surface area contributed by atoms with Crippen LogP contribution in [0.2, 0.25) is 0 Å². The van der Waals surface area contributed by atoms with Gasteiger partial charge in [0, 0.05) is 37.6 Å². The number of carbonyl (C=O) groups is 1. The highest BCUT2D eigenvalue weighted by Gasteiger charge is 2.43. The number of nitrogens with zero attached hydrogens (tertiary/aromatic N) is 3. The monoisotopic (exact) mass is 459 g/mol. The molecule has 2 fully saturated rings. The molecule has 8 heteroatoms. The van der Waals surface area contributed by atoms with Gasteiger partial charge in [-0.1, -0.05) is 6.08 Å². The number of alkyl halides is 1. The number of pyridine rings is 3. The second kappa shape index (κ2) is 8.43. The van der Waals surface area contributed by atoms with Crippen molar-refractivity contribution in [1.82, 2.24) is 19.9 Å². The first-order chi connectivity index (χ1) is 16.5. The largest absolute Gasteiger partial charge is 0.320 e. The summed E-state index contributed by atoms with van der Waals surface area (Å²) in [6.45, 7) is 2.47. The molecule has 3 aliphatic rings. The lowest BCUT2D eigenvalue weighted by atomic mass is 10.0. The quantitative estimate of drug-likeness (QED) is 0.586. The van der Waals surface area contributed by atoms with Crippen LogP contribution >= 0.6 is 0 Å². The third-order valence-electron chi connectivity index (χ3n) is 6.93. The lowest BCUT2D eigenvalue weighted by Gasteiger charge is -2.26. The number of fused-ring (bicyclic) bond motifs is 1. The second-order valence-corrected chi connectivity index (χ2v) is 9.60. The number of rotatable bonds is 6. The molecule has 2 saturated carbocycles. The van der Waals surface area contributed by atoms with Crippen LogP contribution in [0.1, 0.15) is 48.3 Å². The molecule has 1 aliphatic heterocycles. The molecule has 34 heavy (non-hydrogen) atoms. The van der Waals surface area contributed by atoms with Gasteiger partial charge in [0.2, 0.25) is 5.91 Å². The molecule has 0 spiro atoms. The van der Waals surface area contributed by atoms with Crippen LogP contribution in [0.25, 0.3) is 16.6 Å². The minimum atomic E-state index is -1.01. The summed E-state index contributed by atoms with van der Waals surface area (Å²) in [6.07, 6.45) is 8.24. The third-order valence-corrected chi connectivity index (χ3v) is 6.93. The standard InChI is InChI=1S/C26H26FN5O2/c27-21-10-20(21)26(34)31-24-4-3-18(13-29-24)16-5-7-32(8-6-16)14-15-9-23-22(28-12-15)11-19(17-1-2-17)25(33)30-23/h3-5,9,11-13,17,20-21H,1-2,6-8,10,14H2,(H,30,33)(H,29,31,34)/t20-,21-/m1/s1. The highest BCUT2D eigenvalue weighted by atomic mass is 19.1. The third kappa shape index (κ3) is 4.37. The van der Waals surface area contributed by atoms with Crippen molar-refractivity contribution in [3.63, 3.8) is 0 Å². The zero-order valence-corrected chi connectivity index (χ0v) is 18.8. The molecule has 1 amide bonds. The Kier molecular flexibility index (Phi) is 5.25. The van der Waals surface area contributed by atoms with Gasteiger partial charge in [-0.25, -0.2) is 9.37 Å². The van der Waals surface area contributed by atoms with Gasteiger partial charge in [0.25, 0.3) is 5.56 Å². The van der Waals surface area contributed by atoms with Crippen LogP contribution in [0.3, 0.4) is 0 Å². The minimum Gasteiger partial charge on any atom is -0.320 e. The molecule has 0 radical (unpaired) electrons. The minimum absolute atomic E-state index is 0.0119. The number of hydrogen-bond acceptors (Lipinski definition) is 5. The summed E-state index contributed by atoms with van der Waals surface area (Å²) in [5.74, 6) is 0.0422. The topological polar surface area (TPSA) is 91.0 Å². The Hall–Kier alpha value is -3.39. The van der Waals surface area contributed by atoms with E-state index >= 15 is 0 Å². The predicted octanol–water partition coefficient (Wildman–Crippen LogP) is 3.78. The molecule has 3 aromatic rings. The smallest absolute Gasteiger partial charge is 0.252 e. The zero-order chi connectivity index (χ0) is 23.2. The summed E-state index contributed by atoms with van der Waals surface area (Å²) >= 11 is 0. The summed E-state index contributed by atoms with van der Waals surface area (Å²) in [7, 11) is 0. The van der Waals surface area contributed by atoms with Crippen molar-refractivity contribution in [2.24, 2.45) is 5.92 Å². The molecule has 0 bridgehead atoms. The molecule has 0 unspecified atom stereocenters. The maximum atomic E-state index is 13.0. The van der Waals surface area contributed by atoms with Gasteiger partial charge in [-0.3, -0.25) is 19.5 Å². The van der Waals surface area contributed by atoms with Gasteiger partial charge in [-0.2, -0.15) is 0 Å². The second-order valence-electron chi connectivity index (χ2n) is 9.60. The highest BCUT2D eigenvalue weighted by Crippen LogP contribution is 2.38. The van der Waals surface area contributed by atoms with E-state index < -0.39 is 12.1 Å². The number of halogens is 1. The Balaban J connectivity index is 1.09. The van der Waals surface area contributed by atoms with Crippen LogP contribution in [0, 0.1) is 5.92 Å². The molecule has 3 aromatic heterocycles. The normalized spacial score (nSPS) is 22.4. The van der Waals surface area contributed by atoms with E-state index in [1.807, 2.05) is 24.4 Å². The molecule has 4 heterocycles. The molecule has 0 aromatic carbocycles. The molecular weight excluding hydrogens is 433 g/mol. The van der Waals surface area contributed by atoms with Crippen molar-refractivity contribution in [2.45, 2.75) is 44.3 Å². The van der Waals surface area contributed by atoms with Gasteiger partial charge in [0.1, 0.15) is 12.0 Å². The average molecular weight is 460 g/mol. The number of H-pyrrole nitrogens is 1. The first kappa shape index (κ1) is 21.2. The fourth-order valence-electron chi connectivity index (χ4n) is 4.61. The van der Waals surface area contributed by atoms with Gasteiger partial charge in [0.15, 0.2) is 0 Å². The zero-order valence-electron chi connectivity index (χ0n) is 18.8. The molecule has 7 nitrogen and oxygen atoms in total. The summed E-state index contributed by atoms with van der Waals surface area (Å²) < 4.78 is 13.0. The van der Waals surface area contributed by atoms with E-state index in [4.69, 9.17) is 0 Å². The summed E-state index contributed by atoms with van der Waals surface area (Å²) in [5.41, 5.74) is 5.85. The van der Waals surface area contributed by atoms with Crippen LogP contribution < -0.4 is 10.9 Å². The number of anilines is 1. The fourth-order valence-corrected chi connectivity index (χ4v) is 4.61. The number of hydrogen-bond donors (Lipinski definition) is 2. The van der Waals surface area contributed by atoms with Crippen LogP contribution in [0.4, 0.5) is 10.2 Å². The van der Waals surface area contributed by atoms with E-state index in [1.54, 1.807) is 12.3 Å². The number of aromatic amines is 1. The molecule has 174 valence electrons. The molecule has 2 aliphatic carbocycles. The summed E-state index contributed by atoms with van der Waals surface area (Å²) in [5, 5.41) is 2.68. The van der Waals surface area contributed by atoms with Gasteiger partial charge in [-0.15, -0.1) is 0 Å². The number of carbonyl (C=O) groups excluding carboxylic acids is 1. The maximum absolute atomic E-state index is 13.0. The molecule has 0 saturated heterocycles. The Labute approximate surface area is 196 Å². The lowest BCUT2D eigenvalue weighted by molar-refractivity contribution is -0.117. The number of amides is 1. The van der Waals surface area contributed by atoms with E-state index in [0.717, 1.165) is 66.6 Å². The van der Waals surface area contributed by atoms with E-state index in [0.29, 0.717) is 18.2 Å². The maximum Gasteiger partial charge on any atom is 0.252 e. The summed E-state index contributed by atoms with van der Waals surface area (Å²) in [4.78, 5) is 38.5. The average Bonchev–Trinajstić information content (AvgIpc) is 3.77. The van der Waals surface area contributed by atoms with Gasteiger partial charge in [-0.05, 0) is 72.6 Å². The summed E-state index contributed by atoms with van der Waals surface area (Å²) in [6, 6.07) is 7.69. The van der Waals surface area contributed by atoms with Crippen molar-refractivity contribution < 1.29 is 9.18 Å². The molecule has 2 N–H and O–H groups in total. The van der Waals surface area contributed by atoms with Crippen molar-refractivity contribution in [3.05, 3.63) is 69.8 Å². The Morgan fingerprint density at radius 1 is 1.21 bits per heavy atom. The van der Waals surface area contributed by atoms with Crippen molar-refractivity contribution >= 4 is 28.3 Å². The van der Waals surface area contributed by atoms with E-state index in [2.05, 4.69) is 31.2 Å². The van der Waals surface area contributed by atoms with Crippen molar-refractivity contribution in [2.75, 3.05) is 18.4 Å². The Morgan fingerprint density at radius 3 is 2.74 bits per heavy atom. The van der Waals surface area contributed by atoms with Crippen LogP contribution in [0.15, 0.2) is 47.5 Å². The van der Waals surface area contributed by atoms with E-state index in [-0.39, 0.29) is 11.5 Å². The Bertz CT molecular complexity index is 1350. The first-order valence-electron chi connectivity index (χ1n) is 11.9. The van der Waals surface area contributed by atoms with Gasteiger partial charge in [0.05, 0.1) is 17.0 Å². The number of aromatic nitrogens is 3. The molecule has 6 rings (SSSR count). The van der Waals surface area contributed by atoms with Crippen LogP contribution in [0.5, 0.6) is 0 Å². The number of nitrogens with one attached hydrogen (secondary N) is 2. The molecule has 2 atom stereocenters. The molecular formula is C26H26FN5O2. The van der Waals surface area contributed by atoms with Crippen molar-refractivity contribution in [1.29, 1.82) is 0 Å².